The van der Waals surface area contributed by atoms with Crippen LogP contribution in [-0.2, 0) is 4.79 Å². The standard InChI is InChI=1S/C18H22O3/c1-21-16-12-10-15(11-13-16)17(8-5-9-18(19)20)14-6-3-2-4-7-14/h5,8-14H,2-4,6-7H2,1H3,(H,19,20). The molecular formula is C18H22O3. The largest absolute Gasteiger partial charge is 0.497 e. The van der Waals surface area contributed by atoms with Crippen LogP contribution in [0.1, 0.15) is 37.7 Å². The van der Waals surface area contributed by atoms with E-state index >= 15 is 0 Å². The van der Waals surface area contributed by atoms with E-state index in [0.717, 1.165) is 11.3 Å². The highest BCUT2D eigenvalue weighted by Crippen LogP contribution is 2.35. The number of rotatable bonds is 5. The first-order valence-electron chi connectivity index (χ1n) is 7.46. The average Bonchev–Trinajstić information content (AvgIpc) is 2.52. The van der Waals surface area contributed by atoms with Crippen molar-refractivity contribution in [3.63, 3.8) is 0 Å². The second kappa shape index (κ2) is 7.67. The molecule has 0 amide bonds. The fraction of sp³-hybridized carbons (Fsp3) is 0.389. The molecule has 0 atom stereocenters. The Morgan fingerprint density at radius 2 is 1.86 bits per heavy atom. The van der Waals surface area contributed by atoms with Gasteiger partial charge in [-0.05, 0) is 42.0 Å². The zero-order chi connectivity index (χ0) is 15.1. The zero-order valence-corrected chi connectivity index (χ0v) is 12.4. The molecule has 1 aliphatic rings. The third-order valence-electron chi connectivity index (χ3n) is 3.98. The van der Waals surface area contributed by atoms with Crippen LogP contribution in [0.5, 0.6) is 5.75 Å². The van der Waals surface area contributed by atoms with E-state index in [1.54, 1.807) is 13.2 Å². The van der Waals surface area contributed by atoms with Gasteiger partial charge in [-0.3, -0.25) is 0 Å². The monoisotopic (exact) mass is 286 g/mol. The normalized spacial score (nSPS) is 17.1. The lowest BCUT2D eigenvalue weighted by Gasteiger charge is -2.24. The summed E-state index contributed by atoms with van der Waals surface area (Å²) in [6, 6.07) is 8.00. The molecule has 3 heteroatoms. The predicted octanol–water partition coefficient (Wildman–Crippen LogP) is 4.30. The molecule has 0 heterocycles. The SMILES string of the molecule is COc1ccc(C(=CC=CC(=O)O)C2CCCCC2)cc1. The van der Waals surface area contributed by atoms with Crippen molar-refractivity contribution in [3.8, 4) is 5.75 Å². The van der Waals surface area contributed by atoms with Gasteiger partial charge in [0.05, 0.1) is 7.11 Å². The smallest absolute Gasteiger partial charge is 0.328 e. The van der Waals surface area contributed by atoms with E-state index in [-0.39, 0.29) is 0 Å². The van der Waals surface area contributed by atoms with Gasteiger partial charge in [-0.15, -0.1) is 0 Å². The molecule has 0 spiro atoms. The number of aliphatic carboxylic acids is 1. The Labute approximate surface area is 125 Å². The van der Waals surface area contributed by atoms with Gasteiger partial charge in [-0.2, -0.15) is 0 Å². The molecule has 1 aromatic rings. The first-order valence-corrected chi connectivity index (χ1v) is 7.46. The highest BCUT2D eigenvalue weighted by atomic mass is 16.5. The molecule has 0 aromatic heterocycles. The molecule has 1 fully saturated rings. The molecule has 0 radical (unpaired) electrons. The highest BCUT2D eigenvalue weighted by molar-refractivity contribution is 5.81. The summed E-state index contributed by atoms with van der Waals surface area (Å²) in [5.74, 6) is 0.442. The number of benzene rings is 1. The molecule has 1 aromatic carbocycles. The van der Waals surface area contributed by atoms with Gasteiger partial charge in [0.2, 0.25) is 0 Å². The van der Waals surface area contributed by atoms with E-state index in [0.29, 0.717) is 5.92 Å². The van der Waals surface area contributed by atoms with Crippen molar-refractivity contribution in [2.75, 3.05) is 7.11 Å². The molecular weight excluding hydrogens is 264 g/mol. The Bertz CT molecular complexity index is 520. The summed E-state index contributed by atoms with van der Waals surface area (Å²) in [5, 5.41) is 8.74. The lowest BCUT2D eigenvalue weighted by atomic mass is 9.81. The van der Waals surface area contributed by atoms with Gasteiger partial charge in [0.15, 0.2) is 0 Å². The topological polar surface area (TPSA) is 46.5 Å². The summed E-state index contributed by atoms with van der Waals surface area (Å²) in [7, 11) is 1.66. The molecule has 1 aliphatic carbocycles. The average molecular weight is 286 g/mol. The van der Waals surface area contributed by atoms with Crippen LogP contribution in [0, 0.1) is 5.92 Å². The van der Waals surface area contributed by atoms with Crippen LogP contribution in [0.4, 0.5) is 0 Å². The van der Waals surface area contributed by atoms with E-state index in [1.807, 2.05) is 30.3 Å². The first kappa shape index (κ1) is 15.4. The van der Waals surface area contributed by atoms with Gasteiger partial charge in [0.25, 0.3) is 0 Å². The number of hydrogen-bond acceptors (Lipinski definition) is 2. The van der Waals surface area contributed by atoms with Crippen LogP contribution >= 0.6 is 0 Å². The summed E-state index contributed by atoms with van der Waals surface area (Å²) in [6.45, 7) is 0. The fourth-order valence-electron chi connectivity index (χ4n) is 2.90. The molecule has 0 bridgehead atoms. The number of carboxylic acids is 1. The van der Waals surface area contributed by atoms with E-state index < -0.39 is 5.97 Å². The van der Waals surface area contributed by atoms with Gasteiger partial charge in [0.1, 0.15) is 5.75 Å². The summed E-state index contributed by atoms with van der Waals surface area (Å²) >= 11 is 0. The number of methoxy groups -OCH3 is 1. The van der Waals surface area contributed by atoms with Crippen LogP contribution in [0.25, 0.3) is 5.57 Å². The van der Waals surface area contributed by atoms with Crippen molar-refractivity contribution in [2.24, 2.45) is 5.92 Å². The van der Waals surface area contributed by atoms with E-state index in [4.69, 9.17) is 9.84 Å². The predicted molar refractivity (Wildman–Crippen MR) is 84.3 cm³/mol. The second-order valence-electron chi connectivity index (χ2n) is 5.38. The highest BCUT2D eigenvalue weighted by Gasteiger charge is 2.18. The Morgan fingerprint density at radius 1 is 1.19 bits per heavy atom. The third-order valence-corrected chi connectivity index (χ3v) is 3.98. The molecule has 0 unspecified atom stereocenters. The second-order valence-corrected chi connectivity index (χ2v) is 5.38. The van der Waals surface area contributed by atoms with Gasteiger partial charge >= 0.3 is 5.97 Å². The number of hydrogen-bond donors (Lipinski definition) is 1. The van der Waals surface area contributed by atoms with Gasteiger partial charge in [-0.1, -0.05) is 43.5 Å². The van der Waals surface area contributed by atoms with Crippen molar-refractivity contribution in [1.29, 1.82) is 0 Å². The zero-order valence-electron chi connectivity index (χ0n) is 12.4. The minimum Gasteiger partial charge on any atom is -0.497 e. The molecule has 0 aliphatic heterocycles. The first-order chi connectivity index (χ1) is 10.2. The Balaban J connectivity index is 2.26. The molecule has 0 saturated heterocycles. The maximum Gasteiger partial charge on any atom is 0.328 e. The maximum absolute atomic E-state index is 10.6. The van der Waals surface area contributed by atoms with E-state index in [9.17, 15) is 4.79 Å². The van der Waals surface area contributed by atoms with Crippen LogP contribution in [0.2, 0.25) is 0 Å². The molecule has 1 N–H and O–H groups in total. The number of carbonyl (C=O) groups is 1. The Morgan fingerprint density at radius 3 is 2.43 bits per heavy atom. The van der Waals surface area contributed by atoms with Gasteiger partial charge < -0.3 is 9.84 Å². The van der Waals surface area contributed by atoms with Crippen LogP contribution in [0.15, 0.2) is 42.5 Å². The Kier molecular flexibility index (Phi) is 5.61. The minimum atomic E-state index is -0.913. The third kappa shape index (κ3) is 4.48. The minimum absolute atomic E-state index is 0.519. The number of ether oxygens (including phenoxy) is 1. The van der Waals surface area contributed by atoms with Crippen LogP contribution < -0.4 is 4.74 Å². The molecule has 3 nitrogen and oxygen atoms in total. The summed E-state index contributed by atoms with van der Waals surface area (Å²) < 4.78 is 5.20. The summed E-state index contributed by atoms with van der Waals surface area (Å²) in [6.07, 6.45) is 10.9. The van der Waals surface area contributed by atoms with Crippen LogP contribution in [-0.4, -0.2) is 18.2 Å². The van der Waals surface area contributed by atoms with Gasteiger partial charge in [-0.25, -0.2) is 4.79 Å². The molecule has 1 saturated carbocycles. The van der Waals surface area contributed by atoms with Crippen LogP contribution in [0.3, 0.4) is 0 Å². The van der Waals surface area contributed by atoms with E-state index in [2.05, 4.69) is 0 Å². The molecule has 112 valence electrons. The fourth-order valence-corrected chi connectivity index (χ4v) is 2.90. The van der Waals surface area contributed by atoms with E-state index in [1.165, 1.54) is 43.8 Å². The number of allylic oxidation sites excluding steroid dienone is 3. The summed E-state index contributed by atoms with van der Waals surface area (Å²) in [5.41, 5.74) is 2.38. The van der Waals surface area contributed by atoms with Crippen molar-refractivity contribution in [3.05, 3.63) is 48.1 Å². The molecule has 21 heavy (non-hydrogen) atoms. The molecule has 2 rings (SSSR count). The Hall–Kier alpha value is -2.03. The summed E-state index contributed by atoms with van der Waals surface area (Å²) in [4.78, 5) is 10.6. The van der Waals surface area contributed by atoms with Crippen molar-refractivity contribution in [1.82, 2.24) is 0 Å². The maximum atomic E-state index is 10.6. The van der Waals surface area contributed by atoms with Gasteiger partial charge in [0, 0.05) is 6.08 Å². The van der Waals surface area contributed by atoms with Crippen molar-refractivity contribution < 1.29 is 14.6 Å². The quantitative estimate of drug-likeness (QED) is 0.648. The number of carboxylic acid groups (broad SMARTS) is 1. The van der Waals surface area contributed by atoms with Crippen molar-refractivity contribution in [2.45, 2.75) is 32.1 Å². The lowest BCUT2D eigenvalue weighted by molar-refractivity contribution is -0.131. The van der Waals surface area contributed by atoms with Crippen molar-refractivity contribution >= 4 is 11.5 Å². The lowest BCUT2D eigenvalue weighted by Crippen LogP contribution is -2.08.